The van der Waals surface area contributed by atoms with E-state index < -0.39 is 0 Å². The molecule has 0 aromatic rings. The molecule has 1 N–H and O–H groups in total. The monoisotopic (exact) mass is 143 g/mol. The predicted octanol–water partition coefficient (Wildman–Crippen LogP) is 1.02. The highest BCUT2D eigenvalue weighted by Crippen LogP contribution is 2.16. The van der Waals surface area contributed by atoms with Gasteiger partial charge in [0, 0.05) is 19.8 Å². The van der Waals surface area contributed by atoms with Crippen molar-refractivity contribution in [2.75, 3.05) is 20.3 Å². The first-order valence-corrected chi connectivity index (χ1v) is 4.05. The van der Waals surface area contributed by atoms with Gasteiger partial charge in [-0.05, 0) is 32.2 Å². The summed E-state index contributed by atoms with van der Waals surface area (Å²) >= 11 is 0. The molecule has 0 aromatic carbocycles. The third kappa shape index (κ3) is 2.27. The number of rotatable bonds is 3. The van der Waals surface area contributed by atoms with Crippen molar-refractivity contribution in [2.24, 2.45) is 5.92 Å². The van der Waals surface area contributed by atoms with Gasteiger partial charge in [0.05, 0.1) is 0 Å². The number of methoxy groups -OCH3 is 1. The first-order chi connectivity index (χ1) is 4.83. The molecule has 0 spiro atoms. The lowest BCUT2D eigenvalue weighted by Gasteiger charge is -2.05. The molecule has 1 fully saturated rings. The van der Waals surface area contributed by atoms with E-state index in [1.807, 2.05) is 0 Å². The third-order valence-corrected chi connectivity index (χ3v) is 2.17. The van der Waals surface area contributed by atoms with Gasteiger partial charge in [-0.3, -0.25) is 0 Å². The van der Waals surface area contributed by atoms with Gasteiger partial charge in [0.1, 0.15) is 0 Å². The second kappa shape index (κ2) is 3.94. The Bertz CT molecular complexity index is 95.3. The summed E-state index contributed by atoms with van der Waals surface area (Å²) in [6, 6.07) is 0.724. The molecule has 1 aliphatic rings. The van der Waals surface area contributed by atoms with Gasteiger partial charge in [-0.15, -0.1) is 0 Å². The van der Waals surface area contributed by atoms with Gasteiger partial charge < -0.3 is 10.1 Å². The van der Waals surface area contributed by atoms with Crippen LogP contribution in [0.3, 0.4) is 0 Å². The van der Waals surface area contributed by atoms with Crippen LogP contribution >= 0.6 is 0 Å². The van der Waals surface area contributed by atoms with E-state index in [4.69, 9.17) is 4.74 Å². The molecule has 10 heavy (non-hydrogen) atoms. The highest BCUT2D eigenvalue weighted by atomic mass is 16.5. The molecule has 1 heterocycles. The van der Waals surface area contributed by atoms with Gasteiger partial charge in [-0.1, -0.05) is 0 Å². The molecule has 2 nitrogen and oxygen atoms in total. The lowest BCUT2D eigenvalue weighted by Crippen LogP contribution is -2.16. The maximum atomic E-state index is 5.01. The van der Waals surface area contributed by atoms with Crippen LogP contribution in [0.4, 0.5) is 0 Å². The largest absolute Gasteiger partial charge is 0.385 e. The van der Waals surface area contributed by atoms with Crippen LogP contribution in [0.25, 0.3) is 0 Å². The summed E-state index contributed by atoms with van der Waals surface area (Å²) in [4.78, 5) is 0. The summed E-state index contributed by atoms with van der Waals surface area (Å²) in [5, 5.41) is 3.42. The maximum absolute atomic E-state index is 5.01. The van der Waals surface area contributed by atoms with Crippen molar-refractivity contribution in [3.05, 3.63) is 0 Å². The summed E-state index contributed by atoms with van der Waals surface area (Å²) in [5.74, 6) is 0.856. The van der Waals surface area contributed by atoms with E-state index in [0.29, 0.717) is 0 Å². The van der Waals surface area contributed by atoms with Crippen LogP contribution in [-0.4, -0.2) is 26.3 Å². The van der Waals surface area contributed by atoms with Crippen molar-refractivity contribution in [1.29, 1.82) is 0 Å². The van der Waals surface area contributed by atoms with E-state index in [9.17, 15) is 0 Å². The molecule has 1 rings (SSSR count). The van der Waals surface area contributed by atoms with E-state index in [2.05, 4.69) is 12.2 Å². The normalized spacial score (nSPS) is 33.0. The Hall–Kier alpha value is -0.0800. The zero-order valence-corrected chi connectivity index (χ0v) is 6.89. The quantitative estimate of drug-likeness (QED) is 0.637. The van der Waals surface area contributed by atoms with Crippen molar-refractivity contribution in [3.8, 4) is 0 Å². The Morgan fingerprint density at radius 1 is 1.60 bits per heavy atom. The lowest BCUT2D eigenvalue weighted by atomic mass is 10.0. The van der Waals surface area contributed by atoms with Gasteiger partial charge in [0.2, 0.25) is 0 Å². The van der Waals surface area contributed by atoms with Crippen LogP contribution in [-0.2, 0) is 4.74 Å². The Morgan fingerprint density at radius 2 is 2.40 bits per heavy atom. The minimum atomic E-state index is 0.724. The molecular weight excluding hydrogens is 126 g/mol. The van der Waals surface area contributed by atoms with Gasteiger partial charge in [-0.25, -0.2) is 0 Å². The second-order valence-electron chi connectivity index (χ2n) is 3.19. The molecule has 0 aliphatic carbocycles. The molecular formula is C8H17NO. The summed E-state index contributed by atoms with van der Waals surface area (Å²) in [6.07, 6.45) is 2.54. The zero-order valence-electron chi connectivity index (χ0n) is 6.89. The maximum Gasteiger partial charge on any atom is 0.0465 e. The van der Waals surface area contributed by atoms with E-state index in [1.54, 1.807) is 7.11 Å². The number of nitrogens with one attached hydrogen (secondary N) is 1. The van der Waals surface area contributed by atoms with Crippen LogP contribution in [0.1, 0.15) is 19.8 Å². The van der Waals surface area contributed by atoms with Gasteiger partial charge in [0.25, 0.3) is 0 Å². The SMILES string of the molecule is COCC[C@@H]1CN[C@H](C)C1. The van der Waals surface area contributed by atoms with Gasteiger partial charge >= 0.3 is 0 Å². The van der Waals surface area contributed by atoms with E-state index >= 15 is 0 Å². The Balaban J connectivity index is 2.06. The Kier molecular flexibility index (Phi) is 3.16. The fourth-order valence-electron chi connectivity index (χ4n) is 1.54. The summed E-state index contributed by atoms with van der Waals surface area (Å²) < 4.78 is 5.01. The first-order valence-electron chi connectivity index (χ1n) is 4.05. The van der Waals surface area contributed by atoms with Gasteiger partial charge in [0.15, 0.2) is 0 Å². The fraction of sp³-hybridized carbons (Fsp3) is 1.00. The van der Waals surface area contributed by atoms with Crippen molar-refractivity contribution >= 4 is 0 Å². The molecule has 0 aromatic heterocycles. The number of ether oxygens (including phenoxy) is 1. The zero-order chi connectivity index (χ0) is 7.40. The molecule has 0 bridgehead atoms. The average molecular weight is 143 g/mol. The standard InChI is InChI=1S/C8H17NO/c1-7-5-8(6-9-7)3-4-10-2/h7-9H,3-6H2,1-2H3/t7-,8+/m1/s1. The molecule has 0 saturated carbocycles. The predicted molar refractivity (Wildman–Crippen MR) is 42.1 cm³/mol. The smallest absolute Gasteiger partial charge is 0.0465 e. The second-order valence-corrected chi connectivity index (χ2v) is 3.19. The third-order valence-electron chi connectivity index (χ3n) is 2.17. The van der Waals surface area contributed by atoms with Crippen molar-refractivity contribution < 1.29 is 4.74 Å². The molecule has 1 saturated heterocycles. The van der Waals surface area contributed by atoms with E-state index in [0.717, 1.165) is 18.6 Å². The van der Waals surface area contributed by atoms with Crippen LogP contribution in [0.5, 0.6) is 0 Å². The highest BCUT2D eigenvalue weighted by molar-refractivity contribution is 4.77. The summed E-state index contributed by atoms with van der Waals surface area (Å²) in [5.41, 5.74) is 0. The molecule has 2 heteroatoms. The summed E-state index contributed by atoms with van der Waals surface area (Å²) in [7, 11) is 1.77. The van der Waals surface area contributed by atoms with E-state index in [1.165, 1.54) is 19.4 Å². The average Bonchev–Trinajstić information content (AvgIpc) is 2.31. The number of hydrogen-bond acceptors (Lipinski definition) is 2. The Labute approximate surface area is 63.0 Å². The van der Waals surface area contributed by atoms with Gasteiger partial charge in [-0.2, -0.15) is 0 Å². The molecule has 0 amide bonds. The lowest BCUT2D eigenvalue weighted by molar-refractivity contribution is 0.180. The molecule has 0 radical (unpaired) electrons. The highest BCUT2D eigenvalue weighted by Gasteiger charge is 2.19. The van der Waals surface area contributed by atoms with Crippen LogP contribution < -0.4 is 5.32 Å². The van der Waals surface area contributed by atoms with Crippen molar-refractivity contribution in [1.82, 2.24) is 5.32 Å². The summed E-state index contributed by atoms with van der Waals surface area (Å²) in [6.45, 7) is 4.34. The van der Waals surface area contributed by atoms with E-state index in [-0.39, 0.29) is 0 Å². The number of hydrogen-bond donors (Lipinski definition) is 1. The van der Waals surface area contributed by atoms with Crippen LogP contribution in [0, 0.1) is 5.92 Å². The molecule has 60 valence electrons. The molecule has 1 aliphatic heterocycles. The van der Waals surface area contributed by atoms with Crippen LogP contribution in [0.15, 0.2) is 0 Å². The first kappa shape index (κ1) is 8.02. The fourth-order valence-corrected chi connectivity index (χ4v) is 1.54. The molecule has 0 unspecified atom stereocenters. The van der Waals surface area contributed by atoms with Crippen molar-refractivity contribution in [3.63, 3.8) is 0 Å². The van der Waals surface area contributed by atoms with Crippen LogP contribution in [0.2, 0.25) is 0 Å². The topological polar surface area (TPSA) is 21.3 Å². The minimum Gasteiger partial charge on any atom is -0.385 e. The minimum absolute atomic E-state index is 0.724. The Morgan fingerprint density at radius 3 is 2.90 bits per heavy atom. The van der Waals surface area contributed by atoms with Crippen molar-refractivity contribution in [2.45, 2.75) is 25.8 Å². The molecule has 2 atom stereocenters.